The molecular formula is C11H20N2O2S2. The van der Waals surface area contributed by atoms with Crippen molar-refractivity contribution in [3.05, 3.63) is 16.1 Å². The molecule has 0 bridgehead atoms. The normalized spacial score (nSPS) is 13.8. The number of nitrogens with zero attached hydrogens (tertiary/aromatic N) is 1. The van der Waals surface area contributed by atoms with Crippen molar-refractivity contribution in [2.75, 3.05) is 19.1 Å². The quantitative estimate of drug-likeness (QED) is 0.818. The summed E-state index contributed by atoms with van der Waals surface area (Å²) < 4.78 is 22.1. The fourth-order valence-electron chi connectivity index (χ4n) is 1.65. The zero-order valence-electron chi connectivity index (χ0n) is 10.6. The van der Waals surface area contributed by atoms with E-state index in [0.29, 0.717) is 12.5 Å². The van der Waals surface area contributed by atoms with Gasteiger partial charge in [0.1, 0.15) is 9.84 Å². The first-order chi connectivity index (χ1) is 7.90. The van der Waals surface area contributed by atoms with Crippen molar-refractivity contribution in [1.29, 1.82) is 0 Å². The van der Waals surface area contributed by atoms with Crippen LogP contribution in [0.3, 0.4) is 0 Å². The maximum atomic E-state index is 11.0. The molecule has 0 amide bonds. The molecular weight excluding hydrogens is 256 g/mol. The smallest absolute Gasteiger partial charge is 0.147 e. The van der Waals surface area contributed by atoms with E-state index in [0.717, 1.165) is 23.5 Å². The predicted octanol–water partition coefficient (Wildman–Crippen LogP) is 1.41. The molecule has 0 aliphatic heterocycles. The van der Waals surface area contributed by atoms with Crippen LogP contribution in [0, 0.1) is 6.92 Å². The van der Waals surface area contributed by atoms with E-state index >= 15 is 0 Å². The minimum Gasteiger partial charge on any atom is -0.317 e. The van der Waals surface area contributed by atoms with E-state index in [1.54, 1.807) is 11.3 Å². The lowest BCUT2D eigenvalue weighted by molar-refractivity contribution is 0.510. The molecule has 1 aromatic heterocycles. The van der Waals surface area contributed by atoms with Crippen molar-refractivity contribution >= 4 is 21.2 Å². The molecule has 98 valence electrons. The molecule has 4 nitrogen and oxygen atoms in total. The number of thiazole rings is 1. The van der Waals surface area contributed by atoms with Crippen LogP contribution in [-0.2, 0) is 16.3 Å². The van der Waals surface area contributed by atoms with Gasteiger partial charge in [0.05, 0.1) is 5.01 Å². The van der Waals surface area contributed by atoms with Gasteiger partial charge in [-0.1, -0.05) is 0 Å². The number of hydrogen-bond acceptors (Lipinski definition) is 5. The molecule has 0 aliphatic carbocycles. The minimum atomic E-state index is -2.84. The third kappa shape index (κ3) is 6.14. The maximum Gasteiger partial charge on any atom is 0.147 e. The first-order valence-corrected chi connectivity index (χ1v) is 8.60. The second kappa shape index (κ2) is 6.47. The van der Waals surface area contributed by atoms with Gasteiger partial charge in [0.15, 0.2) is 0 Å². The molecule has 0 aromatic carbocycles. The van der Waals surface area contributed by atoms with Crippen molar-refractivity contribution in [3.63, 3.8) is 0 Å². The summed E-state index contributed by atoms with van der Waals surface area (Å²) in [5.41, 5.74) is 1.05. The summed E-state index contributed by atoms with van der Waals surface area (Å²) in [5.74, 6) is 0.266. The lowest BCUT2D eigenvalue weighted by Gasteiger charge is -2.14. The van der Waals surface area contributed by atoms with Crippen LogP contribution in [0.5, 0.6) is 0 Å². The number of aromatic nitrogens is 1. The fourth-order valence-corrected chi connectivity index (χ4v) is 3.19. The third-order valence-electron chi connectivity index (χ3n) is 2.56. The van der Waals surface area contributed by atoms with Gasteiger partial charge in [-0.2, -0.15) is 0 Å². The average Bonchev–Trinajstić information content (AvgIpc) is 2.60. The second-order valence-electron chi connectivity index (χ2n) is 4.34. The SMILES string of the molecule is CNC(CCCS(C)(=O)=O)Cc1nc(C)cs1. The van der Waals surface area contributed by atoms with Gasteiger partial charge in [-0.3, -0.25) is 0 Å². The highest BCUT2D eigenvalue weighted by molar-refractivity contribution is 7.90. The van der Waals surface area contributed by atoms with Crippen molar-refractivity contribution in [1.82, 2.24) is 10.3 Å². The molecule has 0 saturated carbocycles. The molecule has 1 heterocycles. The summed E-state index contributed by atoms with van der Waals surface area (Å²) >= 11 is 1.66. The predicted molar refractivity (Wildman–Crippen MR) is 72.3 cm³/mol. The van der Waals surface area contributed by atoms with Gasteiger partial charge >= 0.3 is 0 Å². The fraction of sp³-hybridized carbons (Fsp3) is 0.727. The highest BCUT2D eigenvalue weighted by atomic mass is 32.2. The molecule has 17 heavy (non-hydrogen) atoms. The van der Waals surface area contributed by atoms with Crippen molar-refractivity contribution in [2.45, 2.75) is 32.2 Å². The Balaban J connectivity index is 2.39. The zero-order chi connectivity index (χ0) is 12.9. The number of hydrogen-bond donors (Lipinski definition) is 1. The lowest BCUT2D eigenvalue weighted by Crippen LogP contribution is -2.28. The van der Waals surface area contributed by atoms with Crippen LogP contribution >= 0.6 is 11.3 Å². The van der Waals surface area contributed by atoms with Gasteiger partial charge in [0.25, 0.3) is 0 Å². The van der Waals surface area contributed by atoms with Crippen molar-refractivity contribution in [3.8, 4) is 0 Å². The number of sulfone groups is 1. The van der Waals surface area contributed by atoms with Crippen LogP contribution in [0.1, 0.15) is 23.5 Å². The minimum absolute atomic E-state index is 0.266. The zero-order valence-corrected chi connectivity index (χ0v) is 12.2. The van der Waals surface area contributed by atoms with Crippen LogP contribution in [0.4, 0.5) is 0 Å². The average molecular weight is 276 g/mol. The van der Waals surface area contributed by atoms with E-state index < -0.39 is 9.84 Å². The van der Waals surface area contributed by atoms with Gasteiger partial charge < -0.3 is 5.32 Å². The number of nitrogens with one attached hydrogen (secondary N) is 1. The van der Waals surface area contributed by atoms with E-state index in [2.05, 4.69) is 10.3 Å². The summed E-state index contributed by atoms with van der Waals surface area (Å²) in [6.45, 7) is 1.98. The van der Waals surface area contributed by atoms with E-state index in [4.69, 9.17) is 0 Å². The summed E-state index contributed by atoms with van der Waals surface area (Å²) in [6, 6.07) is 0.308. The van der Waals surface area contributed by atoms with Crippen LogP contribution < -0.4 is 5.32 Å². The van der Waals surface area contributed by atoms with Crippen molar-refractivity contribution < 1.29 is 8.42 Å². The molecule has 0 spiro atoms. The van der Waals surface area contributed by atoms with E-state index in [1.807, 2.05) is 19.4 Å². The molecule has 0 radical (unpaired) electrons. The molecule has 1 aromatic rings. The summed E-state index contributed by atoms with van der Waals surface area (Å²) in [4.78, 5) is 4.42. The largest absolute Gasteiger partial charge is 0.317 e. The van der Waals surface area contributed by atoms with Crippen molar-refractivity contribution in [2.24, 2.45) is 0 Å². The third-order valence-corrected chi connectivity index (χ3v) is 4.58. The molecule has 1 unspecified atom stereocenters. The lowest BCUT2D eigenvalue weighted by atomic mass is 10.1. The van der Waals surface area contributed by atoms with Gasteiger partial charge in [-0.15, -0.1) is 11.3 Å². The monoisotopic (exact) mass is 276 g/mol. The van der Waals surface area contributed by atoms with Crippen LogP contribution in [0.25, 0.3) is 0 Å². The van der Waals surface area contributed by atoms with E-state index in [1.165, 1.54) is 6.26 Å². The van der Waals surface area contributed by atoms with Gasteiger partial charge in [0.2, 0.25) is 0 Å². The van der Waals surface area contributed by atoms with Crippen LogP contribution in [0.15, 0.2) is 5.38 Å². The first kappa shape index (κ1) is 14.6. The molecule has 6 heteroatoms. The molecule has 0 aliphatic rings. The molecule has 1 atom stereocenters. The Hall–Kier alpha value is -0.460. The Morgan fingerprint density at radius 1 is 1.53 bits per heavy atom. The Labute approximate surface area is 107 Å². The molecule has 1 N–H and O–H groups in total. The molecule has 0 fully saturated rings. The Morgan fingerprint density at radius 2 is 2.24 bits per heavy atom. The van der Waals surface area contributed by atoms with Crippen LogP contribution in [0.2, 0.25) is 0 Å². The molecule has 1 rings (SSSR count). The molecule has 0 saturated heterocycles. The Bertz CT molecular complexity index is 440. The highest BCUT2D eigenvalue weighted by Crippen LogP contribution is 2.13. The standard InChI is InChI=1S/C11H20N2O2S2/c1-9-8-16-11(13-9)7-10(12-2)5-4-6-17(3,14)15/h8,10,12H,4-7H2,1-3H3. The summed E-state index contributed by atoms with van der Waals surface area (Å²) in [6.07, 6.45) is 3.72. The summed E-state index contributed by atoms with van der Waals surface area (Å²) in [5, 5.41) is 6.37. The number of likely N-dealkylation sites (N-methyl/N-ethyl adjacent to an activating group) is 1. The van der Waals surface area contributed by atoms with Gasteiger partial charge in [-0.05, 0) is 26.8 Å². The maximum absolute atomic E-state index is 11.0. The van der Waals surface area contributed by atoms with Crippen LogP contribution in [-0.4, -0.2) is 38.5 Å². The summed E-state index contributed by atoms with van der Waals surface area (Å²) in [7, 11) is -0.929. The Kier molecular flexibility index (Phi) is 5.55. The highest BCUT2D eigenvalue weighted by Gasteiger charge is 2.11. The van der Waals surface area contributed by atoms with E-state index in [9.17, 15) is 8.42 Å². The van der Waals surface area contributed by atoms with Gasteiger partial charge in [0, 0.05) is 35.5 Å². The number of rotatable bonds is 7. The Morgan fingerprint density at radius 3 is 2.71 bits per heavy atom. The number of aryl methyl sites for hydroxylation is 1. The van der Waals surface area contributed by atoms with Gasteiger partial charge in [-0.25, -0.2) is 13.4 Å². The second-order valence-corrected chi connectivity index (χ2v) is 7.55. The first-order valence-electron chi connectivity index (χ1n) is 5.66. The van der Waals surface area contributed by atoms with E-state index in [-0.39, 0.29) is 5.75 Å². The topological polar surface area (TPSA) is 59.1 Å².